The highest BCUT2D eigenvalue weighted by Crippen LogP contribution is 1.92. The van der Waals surface area contributed by atoms with E-state index >= 15 is 0 Å². The van der Waals surface area contributed by atoms with Crippen LogP contribution in [0.5, 0.6) is 0 Å². The highest BCUT2D eigenvalue weighted by molar-refractivity contribution is 5.90. The zero-order chi connectivity index (χ0) is 10.4. The predicted octanol–water partition coefficient (Wildman–Crippen LogP) is -0.859. The van der Waals surface area contributed by atoms with Crippen LogP contribution in [0, 0.1) is 0 Å². The van der Waals surface area contributed by atoms with Crippen LogP contribution in [0.1, 0.15) is 20.3 Å². The van der Waals surface area contributed by atoms with Crippen molar-refractivity contribution in [2.75, 3.05) is 0 Å². The number of nitrogens with two attached hydrogens (primary N) is 2. The molecule has 0 radical (unpaired) electrons. The third-order valence-corrected chi connectivity index (χ3v) is 1.30. The van der Waals surface area contributed by atoms with Gasteiger partial charge in [0.15, 0.2) is 0 Å². The number of hydrogen-bond acceptors (Lipinski definition) is 5. The van der Waals surface area contributed by atoms with Crippen LogP contribution in [0.2, 0.25) is 1.41 Å². The topological polar surface area (TPSA) is 95.4 Å². The summed E-state index contributed by atoms with van der Waals surface area (Å²) < 4.78 is 11.0. The number of carbonyl (C=O) groups is 2. The van der Waals surface area contributed by atoms with Gasteiger partial charge in [0.05, 0.1) is 0 Å². The molecule has 0 aromatic carbocycles. The van der Waals surface area contributed by atoms with E-state index in [1.54, 1.807) is 6.92 Å². The summed E-state index contributed by atoms with van der Waals surface area (Å²) in [7, 11) is 0. The average Bonchev–Trinajstić information content (AvgIpc) is 2.14. The Bertz CT molecular complexity index is 178. The van der Waals surface area contributed by atoms with Gasteiger partial charge in [-0.05, 0) is 13.3 Å². The number of hydrogen-bond donors (Lipinski definition) is 2. The maximum Gasteiger partial charge on any atom is 0.330 e. The molecule has 0 saturated carbocycles. The quantitative estimate of drug-likeness (QED) is 0.428. The van der Waals surface area contributed by atoms with Crippen LogP contribution in [0.3, 0.4) is 0 Å². The highest BCUT2D eigenvalue weighted by atomic mass is 16.6. The van der Waals surface area contributed by atoms with Crippen LogP contribution < -0.4 is 11.5 Å². The Kier molecular flexibility index (Phi) is 3.69. The summed E-state index contributed by atoms with van der Waals surface area (Å²) in [5.41, 5.74) is 7.22. The van der Waals surface area contributed by atoms with Crippen molar-refractivity contribution in [2.24, 2.45) is 11.5 Å². The Balaban J connectivity index is 3.99. The molecule has 0 aromatic rings. The number of carbonyl (C=O) groups excluding carboxylic acids is 2. The molecular formula is C7H14N2O3. The molecule has 0 rings (SSSR count). The molecule has 4 N–H and O–H groups in total. The molecule has 0 spiro atoms. The monoisotopic (exact) mass is 175 g/mol. The van der Waals surface area contributed by atoms with Gasteiger partial charge in [0.1, 0.15) is 13.5 Å². The Morgan fingerprint density at radius 3 is 2.58 bits per heavy atom. The Hall–Kier alpha value is -0.940. The molecule has 0 aromatic heterocycles. The van der Waals surface area contributed by atoms with Crippen molar-refractivity contribution in [2.45, 2.75) is 32.4 Å². The van der Waals surface area contributed by atoms with Crippen molar-refractivity contribution in [1.82, 2.24) is 0 Å². The first-order chi connectivity index (χ1) is 6.02. The number of ether oxygens (including phenoxy) is 1. The smallest absolute Gasteiger partial charge is 0.330 e. The van der Waals surface area contributed by atoms with Crippen LogP contribution in [0.15, 0.2) is 0 Å². The van der Waals surface area contributed by atoms with Gasteiger partial charge in [0.2, 0.25) is 0 Å². The SMILES string of the molecule is [2H]N[C@H](C)C(=O)OC(=O)C(N)CC. The van der Waals surface area contributed by atoms with Gasteiger partial charge >= 0.3 is 11.9 Å². The second-order valence-electron chi connectivity index (χ2n) is 2.48. The minimum absolute atomic E-state index is 0.412. The fourth-order valence-corrected chi connectivity index (χ4v) is 0.430. The van der Waals surface area contributed by atoms with Gasteiger partial charge in [0.25, 0.3) is 0 Å². The van der Waals surface area contributed by atoms with Crippen LogP contribution >= 0.6 is 0 Å². The molecule has 0 aliphatic rings. The summed E-state index contributed by atoms with van der Waals surface area (Å²) in [5.74, 6) is -1.54. The standard InChI is InChI=1S/C7H14N2O3/c1-3-5(9)7(11)12-6(10)4(2)8/h4-5H,3,8-9H2,1-2H3/t4-,5?/m1/s1/i/hD. The average molecular weight is 175 g/mol. The molecule has 0 bridgehead atoms. The van der Waals surface area contributed by atoms with E-state index in [0.717, 1.165) is 0 Å². The van der Waals surface area contributed by atoms with Gasteiger partial charge in [-0.1, -0.05) is 6.92 Å². The predicted molar refractivity (Wildman–Crippen MR) is 43.0 cm³/mol. The van der Waals surface area contributed by atoms with E-state index in [-0.39, 0.29) is 0 Å². The van der Waals surface area contributed by atoms with Gasteiger partial charge in [-0.15, -0.1) is 0 Å². The normalized spacial score (nSPS) is 16.1. The van der Waals surface area contributed by atoms with Crippen molar-refractivity contribution in [1.29, 1.82) is 0 Å². The van der Waals surface area contributed by atoms with Crippen molar-refractivity contribution < 1.29 is 15.7 Å². The van der Waals surface area contributed by atoms with Gasteiger partial charge in [-0.25, -0.2) is 9.59 Å². The second-order valence-corrected chi connectivity index (χ2v) is 2.48. The molecular weight excluding hydrogens is 160 g/mol. The Labute approximate surface area is 72.5 Å². The second kappa shape index (κ2) is 4.84. The fraction of sp³-hybridized carbons (Fsp3) is 0.714. The van der Waals surface area contributed by atoms with Crippen LogP contribution in [0.25, 0.3) is 0 Å². The first-order valence-corrected chi connectivity index (χ1v) is 3.71. The highest BCUT2D eigenvalue weighted by Gasteiger charge is 2.18. The van der Waals surface area contributed by atoms with Crippen LogP contribution in [-0.4, -0.2) is 24.0 Å². The zero-order valence-corrected chi connectivity index (χ0v) is 7.16. The lowest BCUT2D eigenvalue weighted by Crippen LogP contribution is -2.37. The maximum absolute atomic E-state index is 10.9. The first-order valence-electron chi connectivity index (χ1n) is 4.21. The molecule has 0 fully saturated rings. The van der Waals surface area contributed by atoms with E-state index < -0.39 is 24.0 Å². The minimum Gasteiger partial charge on any atom is -0.391 e. The van der Waals surface area contributed by atoms with E-state index in [2.05, 4.69) is 4.74 Å². The summed E-state index contributed by atoms with van der Waals surface area (Å²) in [6, 6.07) is -1.60. The molecule has 12 heavy (non-hydrogen) atoms. The molecule has 2 atom stereocenters. The molecule has 5 heteroatoms. The Morgan fingerprint density at radius 1 is 1.58 bits per heavy atom. The summed E-state index contributed by atoms with van der Waals surface area (Å²) in [6.07, 6.45) is 0.412. The van der Waals surface area contributed by atoms with Crippen molar-refractivity contribution >= 4 is 11.9 Å². The van der Waals surface area contributed by atoms with Crippen molar-refractivity contribution in [3.63, 3.8) is 0 Å². The van der Waals surface area contributed by atoms with E-state index in [1.807, 2.05) is 5.73 Å². The lowest BCUT2D eigenvalue weighted by Gasteiger charge is -2.08. The maximum atomic E-state index is 10.9. The van der Waals surface area contributed by atoms with Gasteiger partial charge in [-0.3, -0.25) is 0 Å². The molecule has 70 valence electrons. The van der Waals surface area contributed by atoms with Crippen molar-refractivity contribution in [3.05, 3.63) is 0 Å². The molecule has 0 aliphatic carbocycles. The molecule has 5 nitrogen and oxygen atoms in total. The fourth-order valence-electron chi connectivity index (χ4n) is 0.430. The van der Waals surface area contributed by atoms with E-state index in [4.69, 9.17) is 7.15 Å². The summed E-state index contributed by atoms with van der Waals surface area (Å²) in [6.45, 7) is 3.13. The largest absolute Gasteiger partial charge is 0.391 e. The Morgan fingerprint density at radius 2 is 2.17 bits per heavy atom. The summed E-state index contributed by atoms with van der Waals surface area (Å²) >= 11 is 0. The van der Waals surface area contributed by atoms with E-state index in [1.165, 1.54) is 6.92 Å². The van der Waals surface area contributed by atoms with Crippen LogP contribution in [-0.2, 0) is 14.3 Å². The van der Waals surface area contributed by atoms with E-state index in [0.29, 0.717) is 6.42 Å². The molecule has 0 amide bonds. The van der Waals surface area contributed by atoms with Gasteiger partial charge in [0, 0.05) is 0 Å². The lowest BCUT2D eigenvalue weighted by atomic mass is 10.2. The van der Waals surface area contributed by atoms with Gasteiger partial charge < -0.3 is 16.2 Å². The van der Waals surface area contributed by atoms with E-state index in [9.17, 15) is 9.59 Å². The first kappa shape index (κ1) is 9.15. The summed E-state index contributed by atoms with van der Waals surface area (Å²) in [4.78, 5) is 21.9. The molecule has 0 saturated heterocycles. The minimum atomic E-state index is -0.826. The lowest BCUT2D eigenvalue weighted by molar-refractivity contribution is -0.161. The zero-order valence-electron chi connectivity index (χ0n) is 8.16. The van der Waals surface area contributed by atoms with Gasteiger partial charge in [-0.2, -0.15) is 0 Å². The number of esters is 2. The number of rotatable bonds is 4. The third kappa shape index (κ3) is 3.45. The third-order valence-electron chi connectivity index (χ3n) is 1.30. The molecule has 0 aliphatic heterocycles. The van der Waals surface area contributed by atoms with Crippen LogP contribution in [0.4, 0.5) is 0 Å². The molecule has 1 unspecified atom stereocenters. The summed E-state index contributed by atoms with van der Waals surface area (Å²) in [5, 5.41) is 0. The molecule has 0 heterocycles. The van der Waals surface area contributed by atoms with Crippen molar-refractivity contribution in [3.8, 4) is 0 Å².